The van der Waals surface area contributed by atoms with Crippen LogP contribution in [0, 0.1) is 0 Å². The van der Waals surface area contributed by atoms with Gasteiger partial charge in [-0.3, -0.25) is 4.79 Å². The molecule has 1 amide bonds. The quantitative estimate of drug-likeness (QED) is 0.843. The van der Waals surface area contributed by atoms with Crippen molar-refractivity contribution in [3.63, 3.8) is 0 Å². The number of rotatable bonds is 6. The lowest BCUT2D eigenvalue weighted by atomic mass is 10.1. The van der Waals surface area contributed by atoms with Crippen molar-refractivity contribution >= 4 is 25.8 Å². The minimum atomic E-state index is -3.91. The van der Waals surface area contributed by atoms with Gasteiger partial charge in [0.25, 0.3) is 15.9 Å². The number of hydrogen-bond acceptors (Lipinski definition) is 5. The first kappa shape index (κ1) is 17.9. The molecule has 0 radical (unpaired) electrons. The minimum absolute atomic E-state index is 0.0428. The van der Waals surface area contributed by atoms with Gasteiger partial charge in [0, 0.05) is 11.0 Å². The molecule has 126 valence electrons. The van der Waals surface area contributed by atoms with E-state index in [1.807, 2.05) is 4.72 Å². The molecule has 0 heterocycles. The molecule has 0 aromatic heterocycles. The highest BCUT2D eigenvalue weighted by atomic mass is 32.2. The first-order valence-corrected chi connectivity index (χ1v) is 10.00. The summed E-state index contributed by atoms with van der Waals surface area (Å²) in [4.78, 5) is 12.1. The summed E-state index contributed by atoms with van der Waals surface area (Å²) in [5.74, 6) is -1.15. The number of nitrogens with one attached hydrogen (secondary N) is 1. The van der Waals surface area contributed by atoms with Gasteiger partial charge < -0.3 is 0 Å². The van der Waals surface area contributed by atoms with E-state index in [1.54, 1.807) is 24.3 Å². The molecule has 2 rings (SSSR count). The van der Waals surface area contributed by atoms with Crippen molar-refractivity contribution in [2.75, 3.05) is 0 Å². The molecule has 0 aliphatic rings. The molecule has 2 aromatic rings. The van der Waals surface area contributed by atoms with Crippen LogP contribution in [0.15, 0.2) is 71.5 Å². The van der Waals surface area contributed by atoms with Crippen LogP contribution in [0.5, 0.6) is 0 Å². The van der Waals surface area contributed by atoms with Gasteiger partial charge in [-0.2, -0.15) is 0 Å². The Morgan fingerprint density at radius 3 is 2.29 bits per heavy atom. The van der Waals surface area contributed by atoms with E-state index in [0.29, 0.717) is 11.0 Å². The largest absolute Gasteiger partial charge is 0.268 e. The minimum Gasteiger partial charge on any atom is -0.268 e. The Hall–Kier alpha value is -2.45. The van der Waals surface area contributed by atoms with Crippen molar-refractivity contribution in [1.29, 1.82) is 0 Å². The third-order valence-electron chi connectivity index (χ3n) is 3.10. The van der Waals surface area contributed by atoms with E-state index in [1.165, 1.54) is 30.3 Å². The van der Waals surface area contributed by atoms with Crippen LogP contribution in [-0.4, -0.2) is 22.7 Å². The van der Waals surface area contributed by atoms with Gasteiger partial charge in [0.05, 0.1) is 10.6 Å². The molecule has 6 nitrogen and oxygen atoms in total. The lowest BCUT2D eigenvalue weighted by molar-refractivity contribution is 0.0981. The van der Waals surface area contributed by atoms with Crippen molar-refractivity contribution in [3.05, 3.63) is 77.7 Å². The summed E-state index contributed by atoms with van der Waals surface area (Å²) in [7, 11) is -7.47. The molecular weight excluding hydrogens is 350 g/mol. The first-order valence-electron chi connectivity index (χ1n) is 6.80. The molecular formula is C16H15NO5S2. The number of hydrogen-bond donors (Lipinski definition) is 1. The first-order chi connectivity index (χ1) is 11.2. The van der Waals surface area contributed by atoms with Crippen LogP contribution in [0.25, 0.3) is 0 Å². The highest BCUT2D eigenvalue weighted by Crippen LogP contribution is 2.17. The molecule has 0 saturated carbocycles. The maximum Gasteiger partial charge on any atom is 0.264 e. The van der Waals surface area contributed by atoms with Crippen LogP contribution in [0.1, 0.15) is 15.9 Å². The van der Waals surface area contributed by atoms with Crippen LogP contribution in [0.4, 0.5) is 0 Å². The lowest BCUT2D eigenvalue weighted by Crippen LogP contribution is -2.28. The van der Waals surface area contributed by atoms with Crippen molar-refractivity contribution < 1.29 is 21.6 Å². The summed E-state index contributed by atoms with van der Waals surface area (Å²) in [6.07, 6.45) is 0. The van der Waals surface area contributed by atoms with Gasteiger partial charge in [0.2, 0.25) is 0 Å². The molecule has 0 bridgehead atoms. The molecule has 0 aliphatic heterocycles. The molecule has 0 atom stereocenters. The zero-order chi connectivity index (χ0) is 17.8. The number of amides is 1. The Kier molecular flexibility index (Phi) is 5.20. The predicted octanol–water partition coefficient (Wildman–Crippen LogP) is 1.86. The third kappa shape index (κ3) is 4.53. The summed E-state index contributed by atoms with van der Waals surface area (Å²) in [6, 6.07) is 13.7. The van der Waals surface area contributed by atoms with Gasteiger partial charge >= 0.3 is 0 Å². The van der Waals surface area contributed by atoms with Gasteiger partial charge in [-0.15, -0.1) is 0 Å². The highest BCUT2D eigenvalue weighted by Gasteiger charge is 2.17. The fraction of sp³-hybridized carbons (Fsp3) is 0.0625. The maximum atomic E-state index is 12.3. The summed E-state index contributed by atoms with van der Waals surface area (Å²) in [5.41, 5.74) is 0.420. The molecule has 1 N–H and O–H groups in total. The van der Waals surface area contributed by atoms with Crippen LogP contribution in [0.3, 0.4) is 0 Å². The van der Waals surface area contributed by atoms with E-state index >= 15 is 0 Å². The number of sulfone groups is 1. The van der Waals surface area contributed by atoms with Crippen molar-refractivity contribution in [1.82, 2.24) is 4.72 Å². The molecule has 2 aromatic carbocycles. The van der Waals surface area contributed by atoms with E-state index in [4.69, 9.17) is 0 Å². The van der Waals surface area contributed by atoms with Crippen molar-refractivity contribution in [3.8, 4) is 0 Å². The Balaban J connectivity index is 2.25. The number of benzene rings is 2. The zero-order valence-electron chi connectivity index (χ0n) is 12.5. The summed E-state index contributed by atoms with van der Waals surface area (Å²) in [5, 5.41) is 0.620. The van der Waals surface area contributed by atoms with E-state index in [2.05, 4.69) is 6.58 Å². The van der Waals surface area contributed by atoms with Gasteiger partial charge in [-0.05, 0) is 29.8 Å². The van der Waals surface area contributed by atoms with E-state index < -0.39 is 25.8 Å². The Bertz CT molecular complexity index is 965. The summed E-state index contributed by atoms with van der Waals surface area (Å²) < 4.78 is 49.2. The normalized spacial score (nSPS) is 11.7. The van der Waals surface area contributed by atoms with E-state index in [-0.39, 0.29) is 16.2 Å². The topological polar surface area (TPSA) is 97.4 Å². The molecule has 24 heavy (non-hydrogen) atoms. The molecule has 0 aliphatic carbocycles. The fourth-order valence-electron chi connectivity index (χ4n) is 1.96. The summed E-state index contributed by atoms with van der Waals surface area (Å²) in [6.45, 7) is 3.10. The van der Waals surface area contributed by atoms with E-state index in [0.717, 1.165) is 0 Å². The fourth-order valence-corrected chi connectivity index (χ4v) is 3.78. The smallest absolute Gasteiger partial charge is 0.264 e. The van der Waals surface area contributed by atoms with Crippen LogP contribution >= 0.6 is 0 Å². The molecule has 0 saturated heterocycles. The number of sulfonamides is 1. The van der Waals surface area contributed by atoms with Crippen molar-refractivity contribution in [2.45, 2.75) is 10.6 Å². The van der Waals surface area contributed by atoms with Crippen molar-refractivity contribution in [2.24, 2.45) is 0 Å². The molecule has 0 spiro atoms. The monoisotopic (exact) mass is 365 g/mol. The second kappa shape index (κ2) is 6.98. The van der Waals surface area contributed by atoms with Gasteiger partial charge in [0.1, 0.15) is 0 Å². The van der Waals surface area contributed by atoms with Crippen LogP contribution < -0.4 is 4.72 Å². The molecule has 8 heteroatoms. The lowest BCUT2D eigenvalue weighted by Gasteiger charge is -2.07. The second-order valence-electron chi connectivity index (χ2n) is 4.92. The Labute approximate surface area is 140 Å². The number of carbonyl (C=O) groups is 1. The Morgan fingerprint density at radius 2 is 1.67 bits per heavy atom. The van der Waals surface area contributed by atoms with Gasteiger partial charge in [-0.25, -0.2) is 21.6 Å². The maximum absolute atomic E-state index is 12.3. The predicted molar refractivity (Wildman–Crippen MR) is 90.4 cm³/mol. The van der Waals surface area contributed by atoms with Crippen LogP contribution in [0.2, 0.25) is 0 Å². The van der Waals surface area contributed by atoms with Gasteiger partial charge in [0.15, 0.2) is 9.84 Å². The van der Waals surface area contributed by atoms with Crippen LogP contribution in [-0.2, 0) is 25.6 Å². The molecule has 0 fully saturated rings. The third-order valence-corrected chi connectivity index (χ3v) is 5.72. The SMILES string of the molecule is C=CS(=O)(=O)NC(=O)c1cccc(CS(=O)(=O)c2ccccc2)c1. The molecule has 0 unspecified atom stereocenters. The second-order valence-corrected chi connectivity index (χ2v) is 8.53. The standard InChI is InChI=1S/C16H15NO5S2/c1-2-24(21,22)17-16(18)14-8-6-7-13(11-14)12-23(19,20)15-9-4-3-5-10-15/h2-11H,1,12H2,(H,17,18). The Morgan fingerprint density at radius 1 is 1.00 bits per heavy atom. The number of carbonyl (C=O) groups excluding carboxylic acids is 1. The average Bonchev–Trinajstić information content (AvgIpc) is 2.55. The zero-order valence-corrected chi connectivity index (χ0v) is 14.2. The summed E-state index contributed by atoms with van der Waals surface area (Å²) >= 11 is 0. The van der Waals surface area contributed by atoms with Gasteiger partial charge in [-0.1, -0.05) is 36.9 Å². The highest BCUT2D eigenvalue weighted by molar-refractivity contribution is 7.92. The average molecular weight is 365 g/mol. The van der Waals surface area contributed by atoms with E-state index in [9.17, 15) is 21.6 Å².